The smallest absolute Gasteiger partial charge is 0.254 e. The lowest BCUT2D eigenvalue weighted by molar-refractivity contribution is 0.0785. The van der Waals surface area contributed by atoms with Gasteiger partial charge in [0.25, 0.3) is 5.91 Å². The van der Waals surface area contributed by atoms with E-state index in [1.165, 1.54) is 11.3 Å². The zero-order valence-corrected chi connectivity index (χ0v) is 11.8. The second-order valence-electron chi connectivity index (χ2n) is 3.76. The number of benzene rings is 1. The first-order valence-electron chi connectivity index (χ1n) is 5.19. The third-order valence-electron chi connectivity index (χ3n) is 2.48. The molecular formula is C13H12BrNOS. The second-order valence-corrected chi connectivity index (χ2v) is 5.40. The van der Waals surface area contributed by atoms with Gasteiger partial charge in [-0.05, 0) is 23.1 Å². The first-order chi connectivity index (χ1) is 8.18. The summed E-state index contributed by atoms with van der Waals surface area (Å²) >= 11 is 5.02. The van der Waals surface area contributed by atoms with E-state index in [1.54, 1.807) is 4.90 Å². The van der Waals surface area contributed by atoms with Crippen LogP contribution in [-0.4, -0.2) is 17.9 Å². The summed E-state index contributed by atoms with van der Waals surface area (Å²) in [4.78, 5) is 13.8. The standard InChI is InChI=1S/C13H12BrNOS/c1-15(13(16)11-6-7-17-9-11)8-10-4-2-3-5-12(10)14/h2-7,9H,8H2,1H3. The summed E-state index contributed by atoms with van der Waals surface area (Å²) in [7, 11) is 1.82. The van der Waals surface area contributed by atoms with E-state index in [0.717, 1.165) is 15.6 Å². The Morgan fingerprint density at radius 3 is 2.76 bits per heavy atom. The molecule has 0 atom stereocenters. The quantitative estimate of drug-likeness (QED) is 0.845. The molecule has 2 aromatic rings. The Bertz CT molecular complexity index is 510. The molecular weight excluding hydrogens is 298 g/mol. The fourth-order valence-corrected chi connectivity index (χ4v) is 2.60. The molecule has 88 valence electrons. The Hall–Kier alpha value is -1.13. The molecule has 17 heavy (non-hydrogen) atoms. The van der Waals surface area contributed by atoms with E-state index in [2.05, 4.69) is 15.9 Å². The predicted molar refractivity (Wildman–Crippen MR) is 74.3 cm³/mol. The second kappa shape index (κ2) is 5.47. The van der Waals surface area contributed by atoms with Crippen LogP contribution in [0.3, 0.4) is 0 Å². The molecule has 0 bridgehead atoms. The van der Waals surface area contributed by atoms with Gasteiger partial charge in [0, 0.05) is 23.4 Å². The third kappa shape index (κ3) is 2.96. The maximum absolute atomic E-state index is 12.0. The van der Waals surface area contributed by atoms with Crippen LogP contribution in [0.1, 0.15) is 15.9 Å². The minimum atomic E-state index is 0.0574. The number of carbonyl (C=O) groups is 1. The largest absolute Gasteiger partial charge is 0.337 e. The van der Waals surface area contributed by atoms with Gasteiger partial charge in [0.2, 0.25) is 0 Å². The normalized spacial score (nSPS) is 10.2. The highest BCUT2D eigenvalue weighted by atomic mass is 79.9. The van der Waals surface area contributed by atoms with Crippen LogP contribution in [0.15, 0.2) is 45.6 Å². The highest BCUT2D eigenvalue weighted by Gasteiger charge is 2.13. The number of amides is 1. The van der Waals surface area contributed by atoms with Gasteiger partial charge in [-0.3, -0.25) is 4.79 Å². The number of nitrogens with zero attached hydrogens (tertiary/aromatic N) is 1. The number of hydrogen-bond acceptors (Lipinski definition) is 2. The molecule has 1 amide bonds. The van der Waals surface area contributed by atoms with Gasteiger partial charge in [-0.2, -0.15) is 11.3 Å². The molecule has 0 spiro atoms. The summed E-state index contributed by atoms with van der Waals surface area (Å²) in [6.45, 7) is 0.607. The SMILES string of the molecule is CN(Cc1ccccc1Br)C(=O)c1ccsc1. The van der Waals surface area contributed by atoms with Crippen molar-refractivity contribution in [3.8, 4) is 0 Å². The summed E-state index contributed by atoms with van der Waals surface area (Å²) in [5.74, 6) is 0.0574. The molecule has 0 aliphatic heterocycles. The first-order valence-corrected chi connectivity index (χ1v) is 6.93. The summed E-state index contributed by atoms with van der Waals surface area (Å²) < 4.78 is 1.03. The van der Waals surface area contributed by atoms with Gasteiger partial charge in [0.05, 0.1) is 5.56 Å². The van der Waals surface area contributed by atoms with E-state index >= 15 is 0 Å². The van der Waals surface area contributed by atoms with Crippen LogP contribution in [0.4, 0.5) is 0 Å². The number of halogens is 1. The highest BCUT2D eigenvalue weighted by Crippen LogP contribution is 2.18. The van der Waals surface area contributed by atoms with Crippen molar-refractivity contribution in [1.29, 1.82) is 0 Å². The average Bonchev–Trinajstić information content (AvgIpc) is 2.84. The van der Waals surface area contributed by atoms with Crippen LogP contribution in [0.5, 0.6) is 0 Å². The lowest BCUT2D eigenvalue weighted by Crippen LogP contribution is -2.25. The maximum Gasteiger partial charge on any atom is 0.254 e. The Balaban J connectivity index is 2.10. The van der Waals surface area contributed by atoms with Gasteiger partial charge in [0.15, 0.2) is 0 Å². The van der Waals surface area contributed by atoms with Crippen LogP contribution in [0.25, 0.3) is 0 Å². The Morgan fingerprint density at radius 2 is 2.12 bits per heavy atom. The minimum Gasteiger partial charge on any atom is -0.337 e. The molecule has 0 aliphatic carbocycles. The van der Waals surface area contributed by atoms with E-state index in [9.17, 15) is 4.79 Å². The zero-order valence-electron chi connectivity index (χ0n) is 9.39. The third-order valence-corrected chi connectivity index (χ3v) is 3.94. The van der Waals surface area contributed by atoms with Crippen molar-refractivity contribution in [2.24, 2.45) is 0 Å². The molecule has 4 heteroatoms. The molecule has 0 saturated carbocycles. The summed E-state index contributed by atoms with van der Waals surface area (Å²) in [6.07, 6.45) is 0. The van der Waals surface area contributed by atoms with E-state index in [-0.39, 0.29) is 5.91 Å². The number of thiophene rings is 1. The van der Waals surface area contributed by atoms with Gasteiger partial charge in [-0.15, -0.1) is 0 Å². The van der Waals surface area contributed by atoms with Crippen LogP contribution >= 0.6 is 27.3 Å². The van der Waals surface area contributed by atoms with Crippen LogP contribution < -0.4 is 0 Å². The van der Waals surface area contributed by atoms with Crippen molar-refractivity contribution in [3.05, 3.63) is 56.7 Å². The van der Waals surface area contributed by atoms with E-state index in [0.29, 0.717) is 6.54 Å². The summed E-state index contributed by atoms with van der Waals surface area (Å²) in [5.41, 5.74) is 1.86. The van der Waals surface area contributed by atoms with Crippen LogP contribution in [0.2, 0.25) is 0 Å². The molecule has 0 fully saturated rings. The Kier molecular flexibility index (Phi) is 3.97. The molecule has 1 heterocycles. The lowest BCUT2D eigenvalue weighted by Gasteiger charge is -2.17. The van der Waals surface area contributed by atoms with Crippen molar-refractivity contribution in [2.45, 2.75) is 6.54 Å². The molecule has 0 saturated heterocycles. The molecule has 0 radical (unpaired) electrons. The fourth-order valence-electron chi connectivity index (χ4n) is 1.56. The van der Waals surface area contributed by atoms with Crippen molar-refractivity contribution in [3.63, 3.8) is 0 Å². The number of carbonyl (C=O) groups excluding carboxylic acids is 1. The summed E-state index contributed by atoms with van der Waals surface area (Å²) in [6, 6.07) is 9.79. The molecule has 0 aliphatic rings. The van der Waals surface area contributed by atoms with Crippen molar-refractivity contribution in [2.75, 3.05) is 7.05 Å². The topological polar surface area (TPSA) is 20.3 Å². The van der Waals surface area contributed by atoms with E-state index < -0.39 is 0 Å². The lowest BCUT2D eigenvalue weighted by atomic mass is 10.2. The van der Waals surface area contributed by atoms with Gasteiger partial charge in [-0.1, -0.05) is 34.1 Å². The van der Waals surface area contributed by atoms with Crippen LogP contribution in [-0.2, 0) is 6.54 Å². The Morgan fingerprint density at radius 1 is 1.35 bits per heavy atom. The maximum atomic E-state index is 12.0. The van der Waals surface area contributed by atoms with E-state index in [4.69, 9.17) is 0 Å². The summed E-state index contributed by atoms with van der Waals surface area (Å²) in [5, 5.41) is 3.79. The van der Waals surface area contributed by atoms with Crippen molar-refractivity contribution in [1.82, 2.24) is 4.90 Å². The number of hydrogen-bond donors (Lipinski definition) is 0. The average molecular weight is 310 g/mol. The van der Waals surface area contributed by atoms with Crippen LogP contribution in [0, 0.1) is 0 Å². The molecule has 1 aromatic heterocycles. The molecule has 2 nitrogen and oxygen atoms in total. The van der Waals surface area contributed by atoms with Crippen molar-refractivity contribution < 1.29 is 4.79 Å². The minimum absolute atomic E-state index is 0.0574. The first kappa shape index (κ1) is 12.3. The predicted octanol–water partition coefficient (Wildman–Crippen LogP) is 3.78. The molecule has 0 N–H and O–H groups in total. The Labute approximate surface area is 113 Å². The van der Waals surface area contributed by atoms with Gasteiger partial charge in [-0.25, -0.2) is 0 Å². The zero-order chi connectivity index (χ0) is 12.3. The van der Waals surface area contributed by atoms with E-state index in [1.807, 2.05) is 48.1 Å². The highest BCUT2D eigenvalue weighted by molar-refractivity contribution is 9.10. The number of rotatable bonds is 3. The van der Waals surface area contributed by atoms with Gasteiger partial charge in [0.1, 0.15) is 0 Å². The molecule has 0 unspecified atom stereocenters. The monoisotopic (exact) mass is 309 g/mol. The molecule has 1 aromatic carbocycles. The molecule has 2 rings (SSSR count). The van der Waals surface area contributed by atoms with Gasteiger partial charge >= 0.3 is 0 Å². The fraction of sp³-hybridized carbons (Fsp3) is 0.154. The van der Waals surface area contributed by atoms with Crippen molar-refractivity contribution >= 4 is 33.2 Å². The van der Waals surface area contributed by atoms with Gasteiger partial charge < -0.3 is 4.90 Å².